The van der Waals surface area contributed by atoms with Crippen LogP contribution in [0.25, 0.3) is 0 Å². The van der Waals surface area contributed by atoms with Crippen LogP contribution in [0.3, 0.4) is 0 Å². The van der Waals surface area contributed by atoms with Crippen LogP contribution in [0.4, 0.5) is 0 Å². The molecule has 2 fully saturated rings. The molecule has 0 aliphatic carbocycles. The van der Waals surface area contributed by atoms with Gasteiger partial charge in [0.15, 0.2) is 0 Å². The molecule has 4 rings (SSSR count). The first kappa shape index (κ1) is 17.3. The van der Waals surface area contributed by atoms with E-state index in [0.717, 1.165) is 11.1 Å². The van der Waals surface area contributed by atoms with Gasteiger partial charge in [-0.05, 0) is 31.5 Å². The van der Waals surface area contributed by atoms with E-state index in [1.165, 1.54) is 0 Å². The first-order valence-corrected chi connectivity index (χ1v) is 8.91. The molecule has 3 heterocycles. The van der Waals surface area contributed by atoms with Crippen LogP contribution >= 0.6 is 0 Å². The normalized spacial score (nSPS) is 36.1. The highest BCUT2D eigenvalue weighted by molar-refractivity contribution is 5.72. The van der Waals surface area contributed by atoms with Crippen LogP contribution in [0.1, 0.15) is 23.6 Å². The lowest BCUT2D eigenvalue weighted by Gasteiger charge is -2.54. The molecule has 1 aromatic rings. The van der Waals surface area contributed by atoms with Gasteiger partial charge < -0.3 is 14.9 Å². The first-order valence-electron chi connectivity index (χ1n) is 8.91. The summed E-state index contributed by atoms with van der Waals surface area (Å²) in [5, 5.41) is 29.8. The summed E-state index contributed by atoms with van der Waals surface area (Å²) in [7, 11) is 3.53. The van der Waals surface area contributed by atoms with E-state index in [1.54, 1.807) is 7.11 Å². The summed E-state index contributed by atoms with van der Waals surface area (Å²) in [5.41, 5.74) is 1.98. The quantitative estimate of drug-likeness (QED) is 0.819. The Bertz CT molecular complexity index is 777. The zero-order chi connectivity index (χ0) is 18.6. The van der Waals surface area contributed by atoms with Crippen molar-refractivity contribution in [2.75, 3.05) is 20.8 Å². The van der Waals surface area contributed by atoms with Gasteiger partial charge in [-0.3, -0.25) is 14.6 Å². The van der Waals surface area contributed by atoms with E-state index in [-0.39, 0.29) is 30.8 Å². The fraction of sp³-hybridized carbons (Fsp3) is 0.579. The molecule has 2 N–H and O–H groups in total. The number of nitriles is 1. The number of fused-ring (bicyclic) bond motifs is 5. The molecule has 138 valence electrons. The Morgan fingerprint density at radius 1 is 1.42 bits per heavy atom. The average Bonchev–Trinajstić information content (AvgIpc) is 2.90. The third-order valence-electron chi connectivity index (χ3n) is 6.48. The highest BCUT2D eigenvalue weighted by atomic mass is 16.5. The second-order valence-corrected chi connectivity index (χ2v) is 7.43. The predicted molar refractivity (Wildman–Crippen MR) is 92.6 cm³/mol. The van der Waals surface area contributed by atoms with Crippen LogP contribution in [0.15, 0.2) is 18.2 Å². The van der Waals surface area contributed by atoms with E-state index in [4.69, 9.17) is 4.74 Å². The molecule has 3 aliphatic rings. The molecular formula is C19H23N3O4. The molecule has 3 aliphatic heterocycles. The van der Waals surface area contributed by atoms with Crippen LogP contribution in [-0.4, -0.2) is 70.9 Å². The van der Waals surface area contributed by atoms with Crippen molar-refractivity contribution in [2.45, 2.75) is 43.1 Å². The number of aliphatic carboxylic acids is 1. The van der Waals surface area contributed by atoms with Crippen molar-refractivity contribution in [1.29, 1.82) is 5.26 Å². The number of methoxy groups -OCH3 is 1. The maximum absolute atomic E-state index is 11.9. The van der Waals surface area contributed by atoms with E-state index in [2.05, 4.69) is 15.9 Å². The molecule has 1 aromatic carbocycles. The number of likely N-dealkylation sites (N-methyl/N-ethyl adjacent to an activating group) is 1. The Morgan fingerprint density at radius 3 is 2.81 bits per heavy atom. The Labute approximate surface area is 152 Å². The zero-order valence-corrected chi connectivity index (χ0v) is 14.9. The number of aliphatic hydroxyl groups excluding tert-OH is 1. The molecule has 0 saturated carbocycles. The summed E-state index contributed by atoms with van der Waals surface area (Å²) < 4.78 is 5.52. The molecule has 26 heavy (non-hydrogen) atoms. The topological polar surface area (TPSA) is 97.0 Å². The molecule has 6 atom stereocenters. The molecular weight excluding hydrogens is 334 g/mol. The minimum atomic E-state index is -0.806. The van der Waals surface area contributed by atoms with Crippen molar-refractivity contribution >= 4 is 5.97 Å². The standard InChI is InChI=1S/C19H23N3O4/c1-21-12-7-11(19(24)25)18(21)13-6-10-4-3-5-16(26-2)17(10)15(9-23)22(13)14(12)8-20/h3-5,11-15,18,23H,6-7,9H2,1-2H3,(H,24,25)/t11-,12+,13+,14-,15+,18-/m1/s1. The lowest BCUT2D eigenvalue weighted by Crippen LogP contribution is -2.67. The number of piperazine rings is 1. The summed E-state index contributed by atoms with van der Waals surface area (Å²) in [6.45, 7) is -0.136. The Morgan fingerprint density at radius 2 is 2.19 bits per heavy atom. The molecule has 0 spiro atoms. The molecule has 2 bridgehead atoms. The Balaban J connectivity index is 1.87. The highest BCUT2D eigenvalue weighted by Crippen LogP contribution is 2.49. The van der Waals surface area contributed by atoms with E-state index in [0.29, 0.717) is 18.6 Å². The van der Waals surface area contributed by atoms with Crippen LogP contribution in [0.2, 0.25) is 0 Å². The predicted octanol–water partition coefficient (Wildman–Crippen LogP) is 0.635. The lowest BCUT2D eigenvalue weighted by molar-refractivity contribution is -0.144. The van der Waals surface area contributed by atoms with Gasteiger partial charge in [-0.25, -0.2) is 0 Å². The Hall–Kier alpha value is -2.14. The number of nitrogens with zero attached hydrogens (tertiary/aromatic N) is 3. The summed E-state index contributed by atoms with van der Waals surface area (Å²) in [6, 6.07) is 6.93. The minimum Gasteiger partial charge on any atom is -0.496 e. The van der Waals surface area contributed by atoms with Gasteiger partial charge in [-0.2, -0.15) is 5.26 Å². The van der Waals surface area contributed by atoms with Gasteiger partial charge in [0.05, 0.1) is 31.7 Å². The van der Waals surface area contributed by atoms with Gasteiger partial charge in [0, 0.05) is 23.7 Å². The van der Waals surface area contributed by atoms with Crippen molar-refractivity contribution in [1.82, 2.24) is 9.80 Å². The molecule has 0 aromatic heterocycles. The van der Waals surface area contributed by atoms with Gasteiger partial charge in [0.1, 0.15) is 11.8 Å². The second kappa shape index (κ2) is 6.23. The molecule has 0 amide bonds. The highest BCUT2D eigenvalue weighted by Gasteiger charge is 2.59. The molecule has 7 heteroatoms. The SMILES string of the molecule is COc1cccc2c1[C@H](CO)N1[C@H](C#N)[C@@H]3C[C@@H](C(=O)O)[C@H]([C@@H]1C2)N3C. The number of rotatable bonds is 3. The summed E-state index contributed by atoms with van der Waals surface area (Å²) in [6.07, 6.45) is 1.11. The average molecular weight is 357 g/mol. The van der Waals surface area contributed by atoms with Crippen LogP contribution in [0, 0.1) is 17.2 Å². The summed E-state index contributed by atoms with van der Waals surface area (Å²) in [5.74, 6) is -0.597. The number of hydrogen-bond acceptors (Lipinski definition) is 6. The van der Waals surface area contributed by atoms with Gasteiger partial charge >= 0.3 is 5.97 Å². The number of carbonyl (C=O) groups is 1. The third-order valence-corrected chi connectivity index (χ3v) is 6.48. The van der Waals surface area contributed by atoms with Crippen LogP contribution in [0.5, 0.6) is 5.75 Å². The summed E-state index contributed by atoms with van der Waals surface area (Å²) >= 11 is 0. The van der Waals surface area contributed by atoms with Crippen molar-refractivity contribution in [2.24, 2.45) is 5.92 Å². The number of aliphatic hydroxyl groups is 1. The van der Waals surface area contributed by atoms with E-state index >= 15 is 0 Å². The Kier molecular flexibility index (Phi) is 4.14. The van der Waals surface area contributed by atoms with Crippen molar-refractivity contribution < 1.29 is 19.7 Å². The van der Waals surface area contributed by atoms with Gasteiger partial charge in [-0.15, -0.1) is 0 Å². The maximum Gasteiger partial charge on any atom is 0.308 e. The molecule has 2 saturated heterocycles. The number of carboxylic acids is 1. The third kappa shape index (κ3) is 2.19. The molecule has 0 radical (unpaired) electrons. The molecule has 7 nitrogen and oxygen atoms in total. The second-order valence-electron chi connectivity index (χ2n) is 7.43. The number of hydrogen-bond donors (Lipinski definition) is 2. The van der Waals surface area contributed by atoms with Crippen LogP contribution in [-0.2, 0) is 11.2 Å². The van der Waals surface area contributed by atoms with Crippen molar-refractivity contribution in [3.05, 3.63) is 29.3 Å². The van der Waals surface area contributed by atoms with E-state index in [9.17, 15) is 20.3 Å². The smallest absolute Gasteiger partial charge is 0.308 e. The fourth-order valence-electron chi connectivity index (χ4n) is 5.48. The van der Waals surface area contributed by atoms with Crippen molar-refractivity contribution in [3.8, 4) is 11.8 Å². The monoisotopic (exact) mass is 357 g/mol. The maximum atomic E-state index is 11.9. The lowest BCUT2D eigenvalue weighted by atomic mass is 9.80. The zero-order valence-electron chi connectivity index (χ0n) is 14.9. The number of ether oxygens (including phenoxy) is 1. The first-order chi connectivity index (χ1) is 12.5. The van der Waals surface area contributed by atoms with E-state index in [1.807, 2.05) is 25.2 Å². The number of benzene rings is 1. The van der Waals surface area contributed by atoms with Gasteiger partial charge in [-0.1, -0.05) is 12.1 Å². The summed E-state index contributed by atoms with van der Waals surface area (Å²) in [4.78, 5) is 16.0. The minimum absolute atomic E-state index is 0.124. The van der Waals surface area contributed by atoms with Crippen LogP contribution < -0.4 is 4.74 Å². The molecule has 0 unspecified atom stereocenters. The van der Waals surface area contributed by atoms with Gasteiger partial charge in [0.2, 0.25) is 0 Å². The fourth-order valence-corrected chi connectivity index (χ4v) is 5.48. The number of carboxylic acid groups (broad SMARTS) is 1. The van der Waals surface area contributed by atoms with Gasteiger partial charge in [0.25, 0.3) is 0 Å². The van der Waals surface area contributed by atoms with Crippen molar-refractivity contribution in [3.63, 3.8) is 0 Å². The van der Waals surface area contributed by atoms with E-state index < -0.39 is 17.9 Å². The largest absolute Gasteiger partial charge is 0.496 e.